The number of rotatable bonds is 4. The summed E-state index contributed by atoms with van der Waals surface area (Å²) < 4.78 is 4.55. The zero-order valence-electron chi connectivity index (χ0n) is 9.10. The van der Waals surface area contributed by atoms with Crippen molar-refractivity contribution in [1.82, 2.24) is 10.5 Å². The zero-order valence-corrected chi connectivity index (χ0v) is 9.10. The minimum atomic E-state index is -0.912. The number of carbonyl (C=O) groups is 1. The molecule has 0 saturated carbocycles. The van der Waals surface area contributed by atoms with Crippen molar-refractivity contribution in [3.8, 4) is 0 Å². The van der Waals surface area contributed by atoms with E-state index in [0.717, 1.165) is 0 Å². The zero-order chi connectivity index (χ0) is 12.2. The molecule has 0 bridgehead atoms. The fourth-order valence-electron chi connectivity index (χ4n) is 1.09. The topological polar surface area (TPSA) is 114 Å². The number of nitrogens with one attached hydrogen (secondary N) is 1. The SMILES string of the molecule is CCC(C)(NC(=O)c1ccon1)C(N)=NO. The van der Waals surface area contributed by atoms with Gasteiger partial charge in [-0.1, -0.05) is 17.2 Å². The first-order valence-electron chi connectivity index (χ1n) is 4.74. The Kier molecular flexibility index (Phi) is 3.49. The molecule has 16 heavy (non-hydrogen) atoms. The normalized spacial score (nSPS) is 15.5. The number of carbonyl (C=O) groups excluding carboxylic acids is 1. The first-order valence-corrected chi connectivity index (χ1v) is 4.74. The van der Waals surface area contributed by atoms with Crippen molar-refractivity contribution in [3.63, 3.8) is 0 Å². The average molecular weight is 226 g/mol. The lowest BCUT2D eigenvalue weighted by atomic mass is 9.97. The summed E-state index contributed by atoms with van der Waals surface area (Å²) in [5.41, 5.74) is 4.74. The van der Waals surface area contributed by atoms with Gasteiger partial charge in [-0.25, -0.2) is 0 Å². The van der Waals surface area contributed by atoms with Gasteiger partial charge in [0, 0.05) is 6.07 Å². The Balaban J connectivity index is 2.82. The molecule has 88 valence electrons. The molecule has 1 atom stereocenters. The van der Waals surface area contributed by atoms with Gasteiger partial charge in [0.1, 0.15) is 6.26 Å². The van der Waals surface area contributed by atoms with Crippen LogP contribution in [0.2, 0.25) is 0 Å². The van der Waals surface area contributed by atoms with E-state index in [1.54, 1.807) is 13.8 Å². The molecule has 0 aliphatic rings. The summed E-state index contributed by atoms with van der Waals surface area (Å²) in [5.74, 6) is -0.503. The predicted octanol–water partition coefficient (Wildman–Crippen LogP) is 0.319. The van der Waals surface area contributed by atoms with Crippen LogP contribution in [0.1, 0.15) is 30.8 Å². The smallest absolute Gasteiger partial charge is 0.274 e. The standard InChI is InChI=1S/C9H14N4O3/c1-3-9(2,8(10)12-15)11-7(14)6-4-5-16-13-6/h4-5,15H,3H2,1-2H3,(H2,10,12)(H,11,14). The molecule has 1 aromatic heterocycles. The Hall–Kier alpha value is -2.05. The molecule has 7 heteroatoms. The van der Waals surface area contributed by atoms with E-state index in [9.17, 15) is 4.79 Å². The van der Waals surface area contributed by atoms with Crippen molar-refractivity contribution in [1.29, 1.82) is 0 Å². The molecule has 7 nitrogen and oxygen atoms in total. The van der Waals surface area contributed by atoms with Gasteiger partial charge < -0.3 is 20.8 Å². The van der Waals surface area contributed by atoms with Crippen molar-refractivity contribution in [2.24, 2.45) is 10.9 Å². The quantitative estimate of drug-likeness (QED) is 0.296. The van der Waals surface area contributed by atoms with Crippen molar-refractivity contribution in [2.45, 2.75) is 25.8 Å². The highest BCUT2D eigenvalue weighted by Crippen LogP contribution is 2.10. The van der Waals surface area contributed by atoms with E-state index in [2.05, 4.69) is 20.2 Å². The summed E-state index contributed by atoms with van der Waals surface area (Å²) >= 11 is 0. The number of amides is 1. The summed E-state index contributed by atoms with van der Waals surface area (Å²) in [4.78, 5) is 11.7. The molecule has 1 aromatic rings. The van der Waals surface area contributed by atoms with Gasteiger partial charge in [0.25, 0.3) is 5.91 Å². The second-order valence-electron chi connectivity index (χ2n) is 3.51. The van der Waals surface area contributed by atoms with E-state index in [-0.39, 0.29) is 11.5 Å². The molecule has 0 aliphatic heterocycles. The average Bonchev–Trinajstić information content (AvgIpc) is 2.81. The third kappa shape index (κ3) is 2.30. The van der Waals surface area contributed by atoms with Gasteiger partial charge in [0.2, 0.25) is 0 Å². The molecule has 1 heterocycles. The summed E-state index contributed by atoms with van der Waals surface area (Å²) in [6.07, 6.45) is 1.77. The molecule has 1 amide bonds. The third-order valence-electron chi connectivity index (χ3n) is 2.44. The second kappa shape index (κ2) is 4.65. The van der Waals surface area contributed by atoms with Crippen molar-refractivity contribution < 1.29 is 14.5 Å². The highest BCUT2D eigenvalue weighted by molar-refractivity contribution is 5.98. The number of nitrogens with two attached hydrogens (primary N) is 1. The molecule has 1 unspecified atom stereocenters. The summed E-state index contributed by atoms with van der Waals surface area (Å²) in [6.45, 7) is 3.46. The number of amidine groups is 1. The van der Waals surface area contributed by atoms with E-state index in [0.29, 0.717) is 6.42 Å². The highest BCUT2D eigenvalue weighted by atomic mass is 16.5. The number of hydrogen-bond acceptors (Lipinski definition) is 5. The molecular weight excluding hydrogens is 212 g/mol. The summed E-state index contributed by atoms with van der Waals surface area (Å²) in [5, 5.41) is 17.6. The van der Waals surface area contributed by atoms with Gasteiger partial charge in [-0.15, -0.1) is 0 Å². The fourth-order valence-corrected chi connectivity index (χ4v) is 1.09. The van der Waals surface area contributed by atoms with Crippen LogP contribution in [0.4, 0.5) is 0 Å². The third-order valence-corrected chi connectivity index (χ3v) is 2.44. The Morgan fingerprint density at radius 3 is 2.94 bits per heavy atom. The first kappa shape index (κ1) is 12.0. The van der Waals surface area contributed by atoms with Crippen molar-refractivity contribution >= 4 is 11.7 Å². The highest BCUT2D eigenvalue weighted by Gasteiger charge is 2.30. The van der Waals surface area contributed by atoms with Crippen LogP contribution in [0, 0.1) is 0 Å². The Labute approximate surface area is 92.3 Å². The largest absolute Gasteiger partial charge is 0.409 e. The molecule has 0 saturated heterocycles. The Morgan fingerprint density at radius 2 is 2.50 bits per heavy atom. The van der Waals surface area contributed by atoms with E-state index < -0.39 is 11.4 Å². The van der Waals surface area contributed by atoms with Gasteiger partial charge in [-0.3, -0.25) is 4.79 Å². The number of aromatic nitrogens is 1. The van der Waals surface area contributed by atoms with E-state index in [1.807, 2.05) is 0 Å². The molecule has 4 N–H and O–H groups in total. The number of hydrogen-bond donors (Lipinski definition) is 3. The molecule has 0 fully saturated rings. The first-order chi connectivity index (χ1) is 7.53. The lowest BCUT2D eigenvalue weighted by Crippen LogP contribution is -2.55. The van der Waals surface area contributed by atoms with Gasteiger partial charge in [0.05, 0.1) is 5.54 Å². The second-order valence-corrected chi connectivity index (χ2v) is 3.51. The summed E-state index contributed by atoms with van der Waals surface area (Å²) in [6, 6.07) is 1.43. The Morgan fingerprint density at radius 1 is 1.81 bits per heavy atom. The molecule has 0 aliphatic carbocycles. The number of nitrogens with zero attached hydrogens (tertiary/aromatic N) is 2. The summed E-state index contributed by atoms with van der Waals surface area (Å²) in [7, 11) is 0. The molecule has 0 spiro atoms. The van der Waals surface area contributed by atoms with Gasteiger partial charge in [-0.2, -0.15) is 0 Å². The molecular formula is C9H14N4O3. The number of oxime groups is 1. The molecule has 0 aromatic carbocycles. The van der Waals surface area contributed by atoms with Crippen LogP contribution in [-0.2, 0) is 0 Å². The van der Waals surface area contributed by atoms with Crippen LogP contribution < -0.4 is 11.1 Å². The maximum atomic E-state index is 11.7. The minimum absolute atomic E-state index is 0.0631. The van der Waals surface area contributed by atoms with Crippen LogP contribution in [0.25, 0.3) is 0 Å². The monoisotopic (exact) mass is 226 g/mol. The Bertz CT molecular complexity index is 387. The van der Waals surface area contributed by atoms with E-state index >= 15 is 0 Å². The van der Waals surface area contributed by atoms with E-state index in [4.69, 9.17) is 10.9 Å². The maximum absolute atomic E-state index is 11.7. The van der Waals surface area contributed by atoms with Gasteiger partial charge >= 0.3 is 0 Å². The van der Waals surface area contributed by atoms with Crippen LogP contribution in [0.3, 0.4) is 0 Å². The molecule has 0 radical (unpaired) electrons. The van der Waals surface area contributed by atoms with Crippen LogP contribution in [-0.4, -0.2) is 27.6 Å². The van der Waals surface area contributed by atoms with Gasteiger partial charge in [0.15, 0.2) is 11.5 Å². The van der Waals surface area contributed by atoms with E-state index in [1.165, 1.54) is 12.3 Å². The van der Waals surface area contributed by atoms with Crippen molar-refractivity contribution in [3.05, 3.63) is 18.0 Å². The van der Waals surface area contributed by atoms with Crippen molar-refractivity contribution in [2.75, 3.05) is 0 Å². The lowest BCUT2D eigenvalue weighted by Gasteiger charge is -2.27. The van der Waals surface area contributed by atoms with Crippen LogP contribution in [0.5, 0.6) is 0 Å². The minimum Gasteiger partial charge on any atom is -0.409 e. The van der Waals surface area contributed by atoms with Crippen LogP contribution in [0.15, 0.2) is 22.0 Å². The maximum Gasteiger partial charge on any atom is 0.274 e. The fraction of sp³-hybridized carbons (Fsp3) is 0.444. The lowest BCUT2D eigenvalue weighted by molar-refractivity contribution is 0.0915. The predicted molar refractivity (Wildman–Crippen MR) is 56.1 cm³/mol. The van der Waals surface area contributed by atoms with Crippen LogP contribution >= 0.6 is 0 Å². The van der Waals surface area contributed by atoms with Gasteiger partial charge in [-0.05, 0) is 13.3 Å². The molecule has 1 rings (SSSR count).